The van der Waals surface area contributed by atoms with Crippen molar-refractivity contribution in [2.45, 2.75) is 0 Å². The number of hydrogen-bond acceptors (Lipinski definition) is 2. The normalized spacial score (nSPS) is 6.60. The standard InChI is InChI=1S/C2H3NOS/c3-1-2(4)5/h1,3H,(H,4,5). The van der Waals surface area contributed by atoms with Crippen LogP contribution in [0.2, 0.25) is 0 Å². The van der Waals surface area contributed by atoms with E-state index >= 15 is 0 Å². The number of rotatable bonds is 1. The molecule has 0 aromatic heterocycles. The van der Waals surface area contributed by atoms with E-state index in [2.05, 4.69) is 12.6 Å². The van der Waals surface area contributed by atoms with Crippen LogP contribution >= 0.6 is 12.6 Å². The second-order valence-corrected chi connectivity index (χ2v) is 0.923. The molecule has 0 saturated heterocycles. The molecule has 0 aliphatic heterocycles. The zero-order chi connectivity index (χ0) is 4.28. The van der Waals surface area contributed by atoms with Gasteiger partial charge in [-0.2, -0.15) is 0 Å². The highest BCUT2D eigenvalue weighted by Crippen LogP contribution is 1.64. The lowest BCUT2D eigenvalue weighted by molar-refractivity contribution is -0.105. The summed E-state index contributed by atoms with van der Waals surface area (Å²) in [5.74, 6) is 0. The van der Waals surface area contributed by atoms with Crippen LogP contribution < -0.4 is 0 Å². The van der Waals surface area contributed by atoms with Gasteiger partial charge < -0.3 is 5.41 Å². The van der Waals surface area contributed by atoms with Gasteiger partial charge in [0.25, 0.3) is 0 Å². The minimum Gasteiger partial charge on any atom is -0.304 e. The molecule has 0 spiro atoms. The lowest BCUT2D eigenvalue weighted by Gasteiger charge is -1.60. The van der Waals surface area contributed by atoms with Crippen LogP contribution in [-0.2, 0) is 4.79 Å². The molecule has 0 fully saturated rings. The lowest BCUT2D eigenvalue weighted by atomic mass is 10.9. The predicted molar refractivity (Wildman–Crippen MR) is 22.8 cm³/mol. The Morgan fingerprint density at radius 2 is 2.20 bits per heavy atom. The zero-order valence-electron chi connectivity index (χ0n) is 2.43. The molecule has 0 aromatic rings. The molecule has 0 radical (unpaired) electrons. The van der Waals surface area contributed by atoms with Gasteiger partial charge in [-0.15, -0.1) is 0 Å². The number of thiol groups is 1. The molecule has 0 unspecified atom stereocenters. The fraction of sp³-hybridized carbons (Fsp3) is 0. The van der Waals surface area contributed by atoms with Crippen LogP contribution in [0.5, 0.6) is 0 Å². The van der Waals surface area contributed by atoms with E-state index in [1.165, 1.54) is 0 Å². The highest BCUT2D eigenvalue weighted by atomic mass is 32.1. The summed E-state index contributed by atoms with van der Waals surface area (Å²) in [6.07, 6.45) is 0.642. The molecule has 0 aromatic carbocycles. The third kappa shape index (κ3) is 3.69. The van der Waals surface area contributed by atoms with E-state index < -0.39 is 5.12 Å². The highest BCUT2D eigenvalue weighted by Gasteiger charge is 1.73. The molecule has 3 heteroatoms. The van der Waals surface area contributed by atoms with Crippen molar-refractivity contribution in [1.29, 1.82) is 5.41 Å². The summed E-state index contributed by atoms with van der Waals surface area (Å²) in [5, 5.41) is 5.60. The fourth-order valence-electron chi connectivity index (χ4n) is 0. The Morgan fingerprint density at radius 3 is 2.20 bits per heavy atom. The van der Waals surface area contributed by atoms with Crippen molar-refractivity contribution in [3.8, 4) is 0 Å². The Kier molecular flexibility index (Phi) is 1.84. The SMILES string of the molecule is N=CC(=O)S. The third-order valence-corrected chi connectivity index (χ3v) is 0.253. The third-order valence-electron chi connectivity index (χ3n) is 0.123. The average Bonchev–Trinajstić information content (AvgIpc) is 1.38. The topological polar surface area (TPSA) is 40.9 Å². The van der Waals surface area contributed by atoms with E-state index in [4.69, 9.17) is 5.41 Å². The van der Waals surface area contributed by atoms with Gasteiger partial charge >= 0.3 is 0 Å². The molecule has 0 aliphatic carbocycles. The van der Waals surface area contributed by atoms with Crippen molar-refractivity contribution in [3.63, 3.8) is 0 Å². The van der Waals surface area contributed by atoms with Crippen LogP contribution in [0.1, 0.15) is 0 Å². The Bertz CT molecular complexity index is 60.7. The van der Waals surface area contributed by atoms with Gasteiger partial charge in [0.15, 0.2) is 0 Å². The van der Waals surface area contributed by atoms with Crippen molar-refractivity contribution in [3.05, 3.63) is 0 Å². The first kappa shape index (κ1) is 4.69. The molecule has 5 heavy (non-hydrogen) atoms. The molecule has 0 bridgehead atoms. The van der Waals surface area contributed by atoms with Crippen LogP contribution in [0.3, 0.4) is 0 Å². The lowest BCUT2D eigenvalue weighted by Crippen LogP contribution is -1.79. The van der Waals surface area contributed by atoms with Crippen LogP contribution in [0, 0.1) is 5.41 Å². The first-order valence-electron chi connectivity index (χ1n) is 1.01. The van der Waals surface area contributed by atoms with Crippen LogP contribution in [0.4, 0.5) is 0 Å². The summed E-state index contributed by atoms with van der Waals surface area (Å²) in [6.45, 7) is 0. The van der Waals surface area contributed by atoms with Gasteiger partial charge in [0.05, 0.1) is 6.21 Å². The van der Waals surface area contributed by atoms with Crippen LogP contribution in [0.15, 0.2) is 0 Å². The van der Waals surface area contributed by atoms with Crippen molar-refractivity contribution < 1.29 is 4.79 Å². The van der Waals surface area contributed by atoms with E-state index in [0.29, 0.717) is 6.21 Å². The summed E-state index contributed by atoms with van der Waals surface area (Å²) in [6, 6.07) is 0. The Labute approximate surface area is 35.1 Å². The summed E-state index contributed by atoms with van der Waals surface area (Å²) in [5.41, 5.74) is 0. The molecule has 28 valence electrons. The van der Waals surface area contributed by atoms with Gasteiger partial charge in [-0.05, 0) is 0 Å². The molecule has 0 heterocycles. The summed E-state index contributed by atoms with van der Waals surface area (Å²) >= 11 is 3.22. The summed E-state index contributed by atoms with van der Waals surface area (Å²) < 4.78 is 0. The van der Waals surface area contributed by atoms with Gasteiger partial charge in [0.2, 0.25) is 5.12 Å². The molecule has 0 amide bonds. The number of nitrogens with one attached hydrogen (secondary N) is 1. The van der Waals surface area contributed by atoms with Crippen molar-refractivity contribution in [1.82, 2.24) is 0 Å². The summed E-state index contributed by atoms with van der Waals surface area (Å²) in [4.78, 5) is 9.43. The van der Waals surface area contributed by atoms with E-state index in [1.54, 1.807) is 0 Å². The molecule has 2 nitrogen and oxygen atoms in total. The number of carbonyl (C=O) groups is 1. The minimum absolute atomic E-state index is 0.509. The van der Waals surface area contributed by atoms with Crippen LogP contribution in [0.25, 0.3) is 0 Å². The van der Waals surface area contributed by atoms with Crippen molar-refractivity contribution in [2.24, 2.45) is 0 Å². The smallest absolute Gasteiger partial charge is 0.226 e. The Balaban J connectivity index is 3.20. The van der Waals surface area contributed by atoms with Crippen molar-refractivity contribution >= 4 is 24.0 Å². The summed E-state index contributed by atoms with van der Waals surface area (Å²) in [7, 11) is 0. The van der Waals surface area contributed by atoms with E-state index in [1.807, 2.05) is 0 Å². The second-order valence-electron chi connectivity index (χ2n) is 0.483. The molecule has 0 aliphatic rings. The number of carbonyl (C=O) groups excluding carboxylic acids is 1. The fourth-order valence-corrected chi connectivity index (χ4v) is 0. The quantitative estimate of drug-likeness (QED) is 0.347. The maximum atomic E-state index is 9.43. The molecule has 1 N–H and O–H groups in total. The van der Waals surface area contributed by atoms with E-state index in [0.717, 1.165) is 0 Å². The number of hydrogen-bond donors (Lipinski definition) is 2. The van der Waals surface area contributed by atoms with Gasteiger partial charge in [0, 0.05) is 0 Å². The largest absolute Gasteiger partial charge is 0.304 e. The first-order valence-corrected chi connectivity index (χ1v) is 1.45. The van der Waals surface area contributed by atoms with Gasteiger partial charge in [-0.1, -0.05) is 12.6 Å². The maximum Gasteiger partial charge on any atom is 0.226 e. The predicted octanol–water partition coefficient (Wildman–Crippen LogP) is 0.0924. The van der Waals surface area contributed by atoms with Crippen LogP contribution in [-0.4, -0.2) is 11.3 Å². The molecular formula is C2H3NOS. The zero-order valence-corrected chi connectivity index (χ0v) is 3.33. The van der Waals surface area contributed by atoms with Crippen molar-refractivity contribution in [2.75, 3.05) is 0 Å². The van der Waals surface area contributed by atoms with Gasteiger partial charge in [-0.25, -0.2) is 0 Å². The van der Waals surface area contributed by atoms with E-state index in [9.17, 15) is 4.79 Å². The highest BCUT2D eigenvalue weighted by molar-refractivity contribution is 7.98. The average molecular weight is 89.1 g/mol. The minimum atomic E-state index is -0.509. The monoisotopic (exact) mass is 89.0 g/mol. The first-order chi connectivity index (χ1) is 2.27. The molecule has 0 saturated carbocycles. The molecular weight excluding hydrogens is 86.1 g/mol. The van der Waals surface area contributed by atoms with Gasteiger partial charge in [-0.3, -0.25) is 4.79 Å². The molecule has 0 rings (SSSR count). The Morgan fingerprint density at radius 1 is 2.00 bits per heavy atom. The Hall–Kier alpha value is -0.310. The second kappa shape index (κ2) is 1.96. The maximum absolute atomic E-state index is 9.43. The molecule has 0 atom stereocenters. The van der Waals surface area contributed by atoms with Gasteiger partial charge in [0.1, 0.15) is 0 Å². The van der Waals surface area contributed by atoms with E-state index in [-0.39, 0.29) is 0 Å².